The summed E-state index contributed by atoms with van der Waals surface area (Å²) in [5.74, 6) is 1.06. The highest BCUT2D eigenvalue weighted by molar-refractivity contribution is 5.96. The second-order valence-corrected chi connectivity index (χ2v) is 6.13. The topological polar surface area (TPSA) is 66.8 Å². The fraction of sp³-hybridized carbons (Fsp3) is 0.368. The molecular formula is C19H21NO5. The number of ether oxygens (including phenoxy) is 3. The van der Waals surface area contributed by atoms with Gasteiger partial charge in [-0.05, 0) is 32.0 Å². The van der Waals surface area contributed by atoms with Crippen LogP contribution in [0.15, 0.2) is 35.1 Å². The van der Waals surface area contributed by atoms with E-state index in [1.54, 1.807) is 25.3 Å². The third kappa shape index (κ3) is 3.74. The minimum Gasteiger partial charge on any atom is -0.493 e. The summed E-state index contributed by atoms with van der Waals surface area (Å²) in [5, 5.41) is 0. The van der Waals surface area contributed by atoms with Crippen LogP contribution in [0.1, 0.15) is 21.7 Å². The first kappa shape index (κ1) is 17.2. The van der Waals surface area contributed by atoms with Crippen molar-refractivity contribution in [2.45, 2.75) is 26.5 Å². The lowest BCUT2D eigenvalue weighted by Crippen LogP contribution is -2.38. The predicted octanol–water partition coefficient (Wildman–Crippen LogP) is 2.13. The molecule has 6 nitrogen and oxygen atoms in total. The highest BCUT2D eigenvalue weighted by Crippen LogP contribution is 2.30. The summed E-state index contributed by atoms with van der Waals surface area (Å²) in [5.41, 5.74) is 2.00. The highest BCUT2D eigenvalue weighted by Gasteiger charge is 2.22. The Morgan fingerprint density at radius 1 is 1.16 bits per heavy atom. The molecule has 0 aliphatic carbocycles. The van der Waals surface area contributed by atoms with Crippen molar-refractivity contribution in [3.05, 3.63) is 57.5 Å². The van der Waals surface area contributed by atoms with Gasteiger partial charge in [0.05, 0.1) is 26.9 Å². The first-order valence-corrected chi connectivity index (χ1v) is 8.11. The molecule has 1 aromatic carbocycles. The van der Waals surface area contributed by atoms with Crippen LogP contribution in [0.4, 0.5) is 0 Å². The normalized spacial score (nSPS) is 14.0. The van der Waals surface area contributed by atoms with Gasteiger partial charge in [0.15, 0.2) is 22.7 Å². The summed E-state index contributed by atoms with van der Waals surface area (Å²) in [6.07, 6.45) is -0.0114. The zero-order valence-electron chi connectivity index (χ0n) is 14.6. The van der Waals surface area contributed by atoms with Crippen molar-refractivity contribution in [1.29, 1.82) is 0 Å². The molecule has 0 amide bonds. The van der Waals surface area contributed by atoms with Crippen LogP contribution in [0.5, 0.6) is 11.5 Å². The van der Waals surface area contributed by atoms with Crippen LogP contribution in [0.2, 0.25) is 0 Å². The molecule has 1 saturated heterocycles. The molecule has 1 aliphatic heterocycles. The molecule has 132 valence electrons. The SMILES string of the molecule is COc1ccc(C(=O)Cn2c(C)cc(=O)cc2C)cc1OC1COC1. The maximum absolute atomic E-state index is 12.7. The van der Waals surface area contributed by atoms with Gasteiger partial charge in [-0.2, -0.15) is 0 Å². The summed E-state index contributed by atoms with van der Waals surface area (Å²) >= 11 is 0. The highest BCUT2D eigenvalue weighted by atomic mass is 16.6. The number of methoxy groups -OCH3 is 1. The van der Waals surface area contributed by atoms with Crippen LogP contribution in [0, 0.1) is 13.8 Å². The monoisotopic (exact) mass is 343 g/mol. The number of pyridine rings is 1. The summed E-state index contributed by atoms with van der Waals surface area (Å²) in [6, 6.07) is 8.21. The van der Waals surface area contributed by atoms with Crippen molar-refractivity contribution < 1.29 is 19.0 Å². The number of carbonyl (C=O) groups is 1. The third-order valence-corrected chi connectivity index (χ3v) is 4.24. The molecule has 0 unspecified atom stereocenters. The van der Waals surface area contributed by atoms with E-state index in [0.717, 1.165) is 11.4 Å². The van der Waals surface area contributed by atoms with E-state index in [1.807, 2.05) is 18.4 Å². The smallest absolute Gasteiger partial charge is 0.182 e. The number of hydrogen-bond donors (Lipinski definition) is 0. The van der Waals surface area contributed by atoms with Gasteiger partial charge >= 0.3 is 0 Å². The minimum atomic E-state index is -0.0628. The van der Waals surface area contributed by atoms with Gasteiger partial charge in [0, 0.05) is 29.1 Å². The fourth-order valence-electron chi connectivity index (χ4n) is 2.78. The number of rotatable bonds is 6. The van der Waals surface area contributed by atoms with Gasteiger partial charge in [-0.15, -0.1) is 0 Å². The molecule has 1 fully saturated rings. The first-order valence-electron chi connectivity index (χ1n) is 8.11. The Labute approximate surface area is 145 Å². The molecule has 2 aromatic rings. The molecule has 0 radical (unpaired) electrons. The summed E-state index contributed by atoms with van der Waals surface area (Å²) < 4.78 is 18.1. The third-order valence-electron chi connectivity index (χ3n) is 4.24. The summed E-state index contributed by atoms with van der Waals surface area (Å²) in [7, 11) is 1.56. The zero-order chi connectivity index (χ0) is 18.0. The van der Waals surface area contributed by atoms with Gasteiger partial charge in [-0.25, -0.2) is 0 Å². The van der Waals surface area contributed by atoms with Gasteiger partial charge in [0.25, 0.3) is 0 Å². The second-order valence-electron chi connectivity index (χ2n) is 6.13. The van der Waals surface area contributed by atoms with Crippen LogP contribution in [0.25, 0.3) is 0 Å². The lowest BCUT2D eigenvalue weighted by molar-refractivity contribution is -0.0803. The number of aromatic nitrogens is 1. The molecule has 6 heteroatoms. The molecule has 0 N–H and O–H groups in total. The van der Waals surface area contributed by atoms with Gasteiger partial charge in [0.2, 0.25) is 0 Å². The van der Waals surface area contributed by atoms with Gasteiger partial charge in [-0.3, -0.25) is 9.59 Å². The van der Waals surface area contributed by atoms with E-state index >= 15 is 0 Å². The Kier molecular flexibility index (Phi) is 4.90. The van der Waals surface area contributed by atoms with E-state index < -0.39 is 0 Å². The van der Waals surface area contributed by atoms with Crippen molar-refractivity contribution >= 4 is 5.78 Å². The molecule has 0 atom stereocenters. The summed E-state index contributed by atoms with van der Waals surface area (Å²) in [6.45, 7) is 4.88. The molecule has 1 aromatic heterocycles. The molecule has 0 spiro atoms. The number of benzene rings is 1. The van der Waals surface area contributed by atoms with E-state index in [9.17, 15) is 9.59 Å². The average molecular weight is 343 g/mol. The van der Waals surface area contributed by atoms with E-state index in [-0.39, 0.29) is 23.9 Å². The summed E-state index contributed by atoms with van der Waals surface area (Å²) in [4.78, 5) is 24.2. The van der Waals surface area contributed by atoms with E-state index in [2.05, 4.69) is 0 Å². The Morgan fingerprint density at radius 2 is 1.84 bits per heavy atom. The number of hydrogen-bond acceptors (Lipinski definition) is 5. The van der Waals surface area contributed by atoms with Crippen molar-refractivity contribution in [2.75, 3.05) is 20.3 Å². The molecule has 1 aliphatic rings. The number of Topliss-reactive ketones (excluding diaryl/α,β-unsaturated/α-hetero) is 1. The zero-order valence-corrected chi connectivity index (χ0v) is 14.6. The maximum Gasteiger partial charge on any atom is 0.182 e. The molecule has 0 bridgehead atoms. The number of carbonyl (C=O) groups excluding carboxylic acids is 1. The van der Waals surface area contributed by atoms with Gasteiger partial charge in [0.1, 0.15) is 6.10 Å². The van der Waals surface area contributed by atoms with Crippen LogP contribution in [-0.2, 0) is 11.3 Å². The quantitative estimate of drug-likeness (QED) is 0.752. The molecule has 25 heavy (non-hydrogen) atoms. The first-order chi connectivity index (χ1) is 12.0. The number of nitrogens with zero attached hydrogens (tertiary/aromatic N) is 1. The Hall–Kier alpha value is -2.60. The van der Waals surface area contributed by atoms with Gasteiger partial charge < -0.3 is 18.8 Å². The van der Waals surface area contributed by atoms with Crippen molar-refractivity contribution in [3.63, 3.8) is 0 Å². The largest absolute Gasteiger partial charge is 0.493 e. The molecule has 3 rings (SSSR count). The van der Waals surface area contributed by atoms with E-state index in [1.165, 1.54) is 12.1 Å². The number of aryl methyl sites for hydroxylation is 2. The maximum atomic E-state index is 12.7. The van der Waals surface area contributed by atoms with Crippen LogP contribution in [0.3, 0.4) is 0 Å². The van der Waals surface area contributed by atoms with Crippen LogP contribution >= 0.6 is 0 Å². The van der Waals surface area contributed by atoms with Crippen molar-refractivity contribution in [2.24, 2.45) is 0 Å². The van der Waals surface area contributed by atoms with E-state index in [4.69, 9.17) is 14.2 Å². The van der Waals surface area contributed by atoms with Crippen molar-refractivity contribution in [3.8, 4) is 11.5 Å². The fourth-order valence-corrected chi connectivity index (χ4v) is 2.78. The Morgan fingerprint density at radius 3 is 2.40 bits per heavy atom. The lowest BCUT2D eigenvalue weighted by atomic mass is 10.1. The molecule has 0 saturated carbocycles. The van der Waals surface area contributed by atoms with Crippen molar-refractivity contribution in [1.82, 2.24) is 4.57 Å². The molecule has 2 heterocycles. The minimum absolute atomic E-state index is 0.0114. The lowest BCUT2D eigenvalue weighted by Gasteiger charge is -2.27. The average Bonchev–Trinajstić information content (AvgIpc) is 2.53. The predicted molar refractivity (Wildman–Crippen MR) is 92.7 cm³/mol. The van der Waals surface area contributed by atoms with Crippen LogP contribution in [-0.4, -0.2) is 36.8 Å². The van der Waals surface area contributed by atoms with Crippen LogP contribution < -0.4 is 14.9 Å². The standard InChI is InChI=1S/C19H21NO5/c1-12-6-15(21)7-13(2)20(12)9-17(22)14-4-5-18(23-3)19(8-14)25-16-10-24-11-16/h4-8,16H,9-11H2,1-3H3. The van der Waals surface area contributed by atoms with E-state index in [0.29, 0.717) is 30.3 Å². The van der Waals surface area contributed by atoms with Gasteiger partial charge in [-0.1, -0.05) is 0 Å². The number of ketones is 1. The second kappa shape index (κ2) is 7.11. The Bertz CT molecular complexity index is 825. The molecular weight excluding hydrogens is 322 g/mol. The Balaban J connectivity index is 1.84.